The summed E-state index contributed by atoms with van der Waals surface area (Å²) < 4.78 is 6.60. The van der Waals surface area contributed by atoms with Gasteiger partial charge in [0.1, 0.15) is 5.75 Å². The van der Waals surface area contributed by atoms with Crippen LogP contribution in [-0.4, -0.2) is 53.1 Å². The van der Waals surface area contributed by atoms with Gasteiger partial charge in [-0.25, -0.2) is 9.78 Å². The van der Waals surface area contributed by atoms with E-state index in [1.165, 1.54) is 4.57 Å². The fourth-order valence-electron chi connectivity index (χ4n) is 3.77. The van der Waals surface area contributed by atoms with Crippen LogP contribution in [-0.2, 0) is 6.54 Å². The molecule has 0 aliphatic heterocycles. The second kappa shape index (κ2) is 9.99. The number of carbonyl (C=O) groups is 1. The first-order chi connectivity index (χ1) is 15.7. The Hall–Kier alpha value is -3.46. The van der Waals surface area contributed by atoms with Crippen molar-refractivity contribution in [1.29, 1.82) is 0 Å². The molecule has 1 aromatic carbocycles. The average Bonchev–Trinajstić information content (AvgIpc) is 2.78. The molecule has 176 valence electrons. The first-order valence-corrected chi connectivity index (χ1v) is 10.9. The fraction of sp³-hybridized carbons (Fsp3) is 0.417. The van der Waals surface area contributed by atoms with Crippen molar-refractivity contribution in [3.05, 3.63) is 68.0 Å². The summed E-state index contributed by atoms with van der Waals surface area (Å²) in [6.07, 6.45) is 0. The lowest BCUT2D eigenvalue weighted by Gasteiger charge is -2.25. The Balaban J connectivity index is 2.01. The number of hydrogen-bond acceptors (Lipinski definition) is 6. The van der Waals surface area contributed by atoms with Crippen molar-refractivity contribution in [2.45, 2.75) is 39.3 Å². The van der Waals surface area contributed by atoms with Crippen LogP contribution in [0, 0.1) is 0 Å². The van der Waals surface area contributed by atoms with Gasteiger partial charge in [0.15, 0.2) is 5.65 Å². The maximum absolute atomic E-state index is 13.3. The number of aromatic amines is 1. The molecular weight excluding hydrogens is 422 g/mol. The molecule has 2 aromatic heterocycles. The van der Waals surface area contributed by atoms with Crippen LogP contribution >= 0.6 is 0 Å². The number of ether oxygens (including phenoxy) is 1. The molecule has 3 rings (SSSR count). The number of H-pyrrole nitrogens is 1. The number of amides is 1. The maximum atomic E-state index is 13.3. The minimum Gasteiger partial charge on any atom is -0.497 e. The number of benzene rings is 1. The highest BCUT2D eigenvalue weighted by Crippen LogP contribution is 2.22. The highest BCUT2D eigenvalue weighted by Gasteiger charge is 2.22. The van der Waals surface area contributed by atoms with E-state index in [1.807, 2.05) is 57.1 Å². The summed E-state index contributed by atoms with van der Waals surface area (Å²) in [6, 6.07) is 9.22. The molecule has 0 bridgehead atoms. The predicted molar refractivity (Wildman–Crippen MR) is 128 cm³/mol. The van der Waals surface area contributed by atoms with E-state index in [1.54, 1.807) is 20.1 Å². The smallest absolute Gasteiger partial charge is 0.329 e. The summed E-state index contributed by atoms with van der Waals surface area (Å²) in [5.74, 6) is 0.372. The minimum absolute atomic E-state index is 0.00877. The molecule has 1 atom stereocenters. The summed E-state index contributed by atoms with van der Waals surface area (Å²) in [4.78, 5) is 47.2. The van der Waals surface area contributed by atoms with Crippen LogP contribution < -0.4 is 21.3 Å². The lowest BCUT2D eigenvalue weighted by Crippen LogP contribution is -2.36. The first kappa shape index (κ1) is 24.2. The zero-order valence-electron chi connectivity index (χ0n) is 19.9. The zero-order chi connectivity index (χ0) is 24.3. The third-order valence-electron chi connectivity index (χ3n) is 5.70. The van der Waals surface area contributed by atoms with Crippen molar-refractivity contribution in [3.8, 4) is 5.75 Å². The number of aromatic nitrogens is 3. The van der Waals surface area contributed by atoms with Crippen LogP contribution in [0.5, 0.6) is 5.75 Å². The van der Waals surface area contributed by atoms with Crippen molar-refractivity contribution in [2.24, 2.45) is 0 Å². The second-order valence-corrected chi connectivity index (χ2v) is 8.41. The summed E-state index contributed by atoms with van der Waals surface area (Å²) in [7, 11) is 5.48. The van der Waals surface area contributed by atoms with E-state index in [0.717, 1.165) is 11.3 Å². The quantitative estimate of drug-likeness (QED) is 0.542. The second-order valence-electron chi connectivity index (χ2n) is 8.41. The molecule has 0 radical (unpaired) electrons. The summed E-state index contributed by atoms with van der Waals surface area (Å²) in [5, 5.41) is 3.08. The molecule has 0 fully saturated rings. The van der Waals surface area contributed by atoms with Gasteiger partial charge in [-0.05, 0) is 50.7 Å². The molecule has 3 aromatic rings. The van der Waals surface area contributed by atoms with Crippen molar-refractivity contribution >= 4 is 16.9 Å². The van der Waals surface area contributed by atoms with E-state index in [0.29, 0.717) is 18.8 Å². The average molecular weight is 454 g/mol. The number of fused-ring (bicyclic) bond motifs is 1. The molecule has 1 unspecified atom stereocenters. The van der Waals surface area contributed by atoms with Gasteiger partial charge in [-0.3, -0.25) is 19.1 Å². The molecule has 33 heavy (non-hydrogen) atoms. The van der Waals surface area contributed by atoms with Crippen molar-refractivity contribution in [1.82, 2.24) is 24.8 Å². The van der Waals surface area contributed by atoms with E-state index in [9.17, 15) is 14.4 Å². The topological polar surface area (TPSA) is 109 Å². The van der Waals surface area contributed by atoms with Crippen molar-refractivity contribution < 1.29 is 9.53 Å². The molecule has 9 heteroatoms. The van der Waals surface area contributed by atoms with Crippen LogP contribution in [0.25, 0.3) is 11.0 Å². The molecule has 9 nitrogen and oxygen atoms in total. The molecule has 2 N–H and O–H groups in total. The molecular formula is C24H31N5O4. The number of carbonyl (C=O) groups excluding carboxylic acids is 1. The predicted octanol–water partition coefficient (Wildman–Crippen LogP) is 2.27. The number of rotatable bonds is 8. The van der Waals surface area contributed by atoms with Crippen LogP contribution in [0.15, 0.2) is 39.9 Å². The number of nitrogens with zero attached hydrogens (tertiary/aromatic N) is 3. The van der Waals surface area contributed by atoms with Gasteiger partial charge in [-0.15, -0.1) is 0 Å². The molecule has 0 saturated heterocycles. The zero-order valence-corrected chi connectivity index (χ0v) is 19.9. The number of nitrogens with one attached hydrogen (secondary N) is 2. The monoisotopic (exact) mass is 453 g/mol. The molecule has 0 aliphatic carbocycles. The Morgan fingerprint density at radius 3 is 2.42 bits per heavy atom. The lowest BCUT2D eigenvalue weighted by molar-refractivity contribution is 0.0943. The summed E-state index contributed by atoms with van der Waals surface area (Å²) >= 11 is 0. The number of methoxy groups -OCH3 is 1. The normalized spacial score (nSPS) is 12.4. The number of aryl methyl sites for hydroxylation is 1. The van der Waals surface area contributed by atoms with Crippen molar-refractivity contribution in [3.63, 3.8) is 0 Å². The van der Waals surface area contributed by atoms with Gasteiger partial charge in [-0.2, -0.15) is 0 Å². The highest BCUT2D eigenvalue weighted by molar-refractivity contribution is 6.05. The first-order valence-electron chi connectivity index (χ1n) is 10.9. The van der Waals surface area contributed by atoms with Crippen LogP contribution in [0.4, 0.5) is 0 Å². The minimum atomic E-state index is -0.619. The van der Waals surface area contributed by atoms with Crippen molar-refractivity contribution in [2.75, 3.05) is 27.7 Å². The SMILES string of the molecule is CCn1c(=O)[nH]c(=O)c2c(C(=O)NCC(c3ccc(OC)cc3)N(C)C)cc(C(C)C)nc21. The summed E-state index contributed by atoms with van der Waals surface area (Å²) in [5.41, 5.74) is 0.926. The van der Waals surface area contributed by atoms with Gasteiger partial charge in [0, 0.05) is 18.8 Å². The van der Waals surface area contributed by atoms with Crippen LogP contribution in [0.3, 0.4) is 0 Å². The Morgan fingerprint density at radius 1 is 1.21 bits per heavy atom. The van der Waals surface area contributed by atoms with Gasteiger partial charge in [0.25, 0.3) is 11.5 Å². The Labute approximate surface area is 192 Å². The third kappa shape index (κ3) is 4.98. The van der Waals surface area contributed by atoms with Gasteiger partial charge >= 0.3 is 5.69 Å². The van der Waals surface area contributed by atoms with E-state index in [-0.39, 0.29) is 28.6 Å². The number of likely N-dealkylation sites (N-methyl/N-ethyl adjacent to an activating group) is 1. The third-order valence-corrected chi connectivity index (χ3v) is 5.70. The fourth-order valence-corrected chi connectivity index (χ4v) is 3.77. The van der Waals surface area contributed by atoms with Crippen LogP contribution in [0.2, 0.25) is 0 Å². The van der Waals surface area contributed by atoms with Gasteiger partial charge < -0.3 is 15.0 Å². The Bertz CT molecular complexity index is 1260. The molecule has 1 amide bonds. The highest BCUT2D eigenvalue weighted by atomic mass is 16.5. The Kier molecular flexibility index (Phi) is 7.33. The van der Waals surface area contributed by atoms with E-state index in [2.05, 4.69) is 15.3 Å². The number of pyridine rings is 1. The van der Waals surface area contributed by atoms with Gasteiger partial charge in [0.05, 0.1) is 24.1 Å². The van der Waals surface area contributed by atoms with Gasteiger partial charge in [0.2, 0.25) is 0 Å². The van der Waals surface area contributed by atoms with E-state index in [4.69, 9.17) is 4.74 Å². The molecule has 0 spiro atoms. The van der Waals surface area contributed by atoms with Crippen LogP contribution in [0.1, 0.15) is 54.3 Å². The molecule has 0 aliphatic rings. The van der Waals surface area contributed by atoms with Gasteiger partial charge in [-0.1, -0.05) is 26.0 Å². The Morgan fingerprint density at radius 2 is 1.88 bits per heavy atom. The molecule has 0 saturated carbocycles. The maximum Gasteiger partial charge on any atom is 0.329 e. The van der Waals surface area contributed by atoms with E-state index < -0.39 is 17.2 Å². The lowest BCUT2D eigenvalue weighted by atomic mass is 10.0. The van der Waals surface area contributed by atoms with E-state index >= 15 is 0 Å². The molecule has 2 heterocycles. The summed E-state index contributed by atoms with van der Waals surface area (Å²) in [6.45, 7) is 6.33. The largest absolute Gasteiger partial charge is 0.497 e. The standard InChI is InChI=1S/C24H31N5O4/c1-7-29-21-20(23(31)27-24(29)32)17(12-18(26-21)14(2)3)22(30)25-13-19(28(4)5)15-8-10-16(33-6)11-9-15/h8-12,14,19H,7,13H2,1-6H3,(H,25,30)(H,27,31,32). The number of hydrogen-bond donors (Lipinski definition) is 2.